The normalized spacial score (nSPS) is 22.8. The molecule has 2 aromatic rings. The molecule has 1 aromatic heterocycles. The number of benzene rings is 1. The van der Waals surface area contributed by atoms with E-state index in [0.717, 1.165) is 0 Å². The Labute approximate surface area is 160 Å². The summed E-state index contributed by atoms with van der Waals surface area (Å²) in [5, 5.41) is 30.2. The number of hydrogen-bond donors (Lipinski definition) is 2. The number of aromatic nitrogens is 2. The van der Waals surface area contributed by atoms with Crippen LogP contribution in [0.15, 0.2) is 35.3 Å². The highest BCUT2D eigenvalue weighted by Crippen LogP contribution is 2.30. The van der Waals surface area contributed by atoms with Crippen molar-refractivity contribution in [1.29, 1.82) is 0 Å². The predicted molar refractivity (Wildman–Crippen MR) is 97.0 cm³/mol. The molecule has 0 aliphatic carbocycles. The summed E-state index contributed by atoms with van der Waals surface area (Å²) < 4.78 is 12.4. The zero-order chi connectivity index (χ0) is 20.4. The average molecular weight is 391 g/mol. The van der Waals surface area contributed by atoms with Crippen molar-refractivity contribution < 1.29 is 24.6 Å². The topological polar surface area (TPSA) is 137 Å². The predicted octanol–water partition coefficient (Wildman–Crippen LogP) is 1.24. The standard InChI is InChI=1S/C18H21N3O7/c1-10-8-20(16-7-14(23)15(9-22)28-16)18(24)19-17(10)27-11(2)12-5-3-4-6-13(12)21(25)26/h3-6,8,11,14-16,22-23H,7,9H2,1-2H3/t11?,14?,15-,16-/m1/s1. The van der Waals surface area contributed by atoms with Gasteiger partial charge in [-0.2, -0.15) is 4.98 Å². The molecule has 1 saturated heterocycles. The third-order valence-electron chi connectivity index (χ3n) is 4.64. The van der Waals surface area contributed by atoms with Crippen LogP contribution in [0.3, 0.4) is 0 Å². The van der Waals surface area contributed by atoms with Crippen molar-refractivity contribution in [3.8, 4) is 5.88 Å². The first kappa shape index (κ1) is 19.9. The van der Waals surface area contributed by atoms with E-state index in [-0.39, 0.29) is 24.6 Å². The van der Waals surface area contributed by atoms with Crippen LogP contribution in [0, 0.1) is 17.0 Å². The number of aliphatic hydroxyl groups excluding tert-OH is 2. The van der Waals surface area contributed by atoms with Crippen molar-refractivity contribution in [1.82, 2.24) is 9.55 Å². The monoisotopic (exact) mass is 391 g/mol. The Morgan fingerprint density at radius 1 is 1.46 bits per heavy atom. The van der Waals surface area contributed by atoms with Crippen molar-refractivity contribution in [2.24, 2.45) is 0 Å². The second kappa shape index (κ2) is 8.05. The van der Waals surface area contributed by atoms with Crippen molar-refractivity contribution in [2.45, 2.75) is 44.8 Å². The van der Waals surface area contributed by atoms with Crippen LogP contribution >= 0.6 is 0 Å². The Hall–Kier alpha value is -2.82. The fraction of sp³-hybridized carbons (Fsp3) is 0.444. The van der Waals surface area contributed by atoms with Crippen molar-refractivity contribution in [3.05, 3.63) is 62.2 Å². The number of aryl methyl sites for hydroxylation is 1. The lowest BCUT2D eigenvalue weighted by Crippen LogP contribution is -2.28. The molecule has 0 bridgehead atoms. The minimum Gasteiger partial charge on any atom is -0.469 e. The smallest absolute Gasteiger partial charge is 0.352 e. The third-order valence-corrected chi connectivity index (χ3v) is 4.64. The lowest BCUT2D eigenvalue weighted by Gasteiger charge is -2.18. The Balaban J connectivity index is 1.84. The maximum Gasteiger partial charge on any atom is 0.352 e. The van der Waals surface area contributed by atoms with Gasteiger partial charge in [0.1, 0.15) is 18.4 Å². The van der Waals surface area contributed by atoms with Gasteiger partial charge in [0.25, 0.3) is 5.69 Å². The summed E-state index contributed by atoms with van der Waals surface area (Å²) in [5.41, 5.74) is 0.164. The summed E-state index contributed by atoms with van der Waals surface area (Å²) in [4.78, 5) is 27.0. The molecule has 2 heterocycles. The molecular weight excluding hydrogens is 370 g/mol. The molecule has 150 valence electrons. The van der Waals surface area contributed by atoms with Gasteiger partial charge < -0.3 is 19.7 Å². The zero-order valence-electron chi connectivity index (χ0n) is 15.4. The van der Waals surface area contributed by atoms with Crippen LogP contribution in [0.5, 0.6) is 5.88 Å². The van der Waals surface area contributed by atoms with Gasteiger partial charge in [0.2, 0.25) is 5.88 Å². The van der Waals surface area contributed by atoms with E-state index in [4.69, 9.17) is 9.47 Å². The van der Waals surface area contributed by atoms with E-state index >= 15 is 0 Å². The summed E-state index contributed by atoms with van der Waals surface area (Å²) in [6.07, 6.45) is -1.44. The quantitative estimate of drug-likeness (QED) is 0.554. The molecule has 1 aliphatic rings. The lowest BCUT2D eigenvalue weighted by molar-refractivity contribution is -0.386. The van der Waals surface area contributed by atoms with Gasteiger partial charge in [0.05, 0.1) is 23.2 Å². The summed E-state index contributed by atoms with van der Waals surface area (Å²) in [7, 11) is 0. The fourth-order valence-corrected chi connectivity index (χ4v) is 3.16. The first-order valence-corrected chi connectivity index (χ1v) is 8.76. The van der Waals surface area contributed by atoms with E-state index in [1.165, 1.54) is 16.8 Å². The molecule has 10 heteroatoms. The molecule has 4 atom stereocenters. The zero-order valence-corrected chi connectivity index (χ0v) is 15.4. The van der Waals surface area contributed by atoms with Crippen LogP contribution in [-0.2, 0) is 4.74 Å². The van der Waals surface area contributed by atoms with Gasteiger partial charge >= 0.3 is 5.69 Å². The van der Waals surface area contributed by atoms with Gasteiger partial charge in [-0.1, -0.05) is 12.1 Å². The molecule has 2 unspecified atom stereocenters. The minimum absolute atomic E-state index is 0.0594. The van der Waals surface area contributed by atoms with E-state index < -0.39 is 35.2 Å². The first-order chi connectivity index (χ1) is 13.3. The van der Waals surface area contributed by atoms with Gasteiger partial charge in [0, 0.05) is 24.2 Å². The van der Waals surface area contributed by atoms with Crippen LogP contribution in [0.4, 0.5) is 5.69 Å². The number of aliphatic hydroxyl groups is 2. The lowest BCUT2D eigenvalue weighted by atomic mass is 10.1. The first-order valence-electron chi connectivity index (χ1n) is 8.76. The molecule has 28 heavy (non-hydrogen) atoms. The Bertz CT molecular complexity index is 930. The highest BCUT2D eigenvalue weighted by molar-refractivity contribution is 5.41. The summed E-state index contributed by atoms with van der Waals surface area (Å²) in [6, 6.07) is 6.20. The molecule has 1 fully saturated rings. The van der Waals surface area contributed by atoms with Crippen molar-refractivity contribution >= 4 is 5.69 Å². The molecule has 1 aromatic carbocycles. The molecular formula is C18H21N3O7. The van der Waals surface area contributed by atoms with Gasteiger partial charge in [0.15, 0.2) is 0 Å². The average Bonchev–Trinajstić information content (AvgIpc) is 3.04. The van der Waals surface area contributed by atoms with E-state index in [9.17, 15) is 25.1 Å². The molecule has 1 aliphatic heterocycles. The highest BCUT2D eigenvalue weighted by Gasteiger charge is 2.35. The number of para-hydroxylation sites is 1. The fourth-order valence-electron chi connectivity index (χ4n) is 3.16. The van der Waals surface area contributed by atoms with Crippen LogP contribution in [0.25, 0.3) is 0 Å². The number of hydrogen-bond acceptors (Lipinski definition) is 8. The summed E-state index contributed by atoms with van der Waals surface area (Å²) >= 11 is 0. The van der Waals surface area contributed by atoms with E-state index in [2.05, 4.69) is 4.98 Å². The molecule has 0 radical (unpaired) electrons. The second-order valence-corrected chi connectivity index (χ2v) is 6.61. The second-order valence-electron chi connectivity index (χ2n) is 6.61. The largest absolute Gasteiger partial charge is 0.469 e. The maximum atomic E-state index is 12.4. The van der Waals surface area contributed by atoms with Gasteiger partial charge in [-0.3, -0.25) is 14.7 Å². The van der Waals surface area contributed by atoms with E-state index in [1.807, 2.05) is 0 Å². The molecule has 0 spiro atoms. The molecule has 0 saturated carbocycles. The Morgan fingerprint density at radius 2 is 2.18 bits per heavy atom. The summed E-state index contributed by atoms with van der Waals surface area (Å²) in [6.45, 7) is 2.96. The van der Waals surface area contributed by atoms with E-state index in [0.29, 0.717) is 11.1 Å². The Kier molecular flexibility index (Phi) is 5.73. The van der Waals surface area contributed by atoms with Gasteiger partial charge in [-0.05, 0) is 19.9 Å². The summed E-state index contributed by atoms with van der Waals surface area (Å²) in [5.74, 6) is 0.0594. The number of nitro groups is 1. The Morgan fingerprint density at radius 3 is 2.82 bits per heavy atom. The van der Waals surface area contributed by atoms with Crippen molar-refractivity contribution in [2.75, 3.05) is 6.61 Å². The molecule has 3 rings (SSSR count). The van der Waals surface area contributed by atoms with E-state index in [1.54, 1.807) is 32.0 Å². The van der Waals surface area contributed by atoms with Gasteiger partial charge in [-0.25, -0.2) is 4.79 Å². The molecule has 2 N–H and O–H groups in total. The van der Waals surface area contributed by atoms with Crippen LogP contribution in [-0.4, -0.2) is 43.5 Å². The number of nitro benzene ring substituents is 1. The number of rotatable bonds is 6. The number of ether oxygens (including phenoxy) is 2. The van der Waals surface area contributed by atoms with Crippen molar-refractivity contribution in [3.63, 3.8) is 0 Å². The molecule has 10 nitrogen and oxygen atoms in total. The van der Waals surface area contributed by atoms with Crippen LogP contribution in [0.1, 0.15) is 36.8 Å². The number of nitrogens with zero attached hydrogens (tertiary/aromatic N) is 3. The SMILES string of the molecule is Cc1cn([C@H]2CC(O)[C@@H](CO)O2)c(=O)nc1OC(C)c1ccccc1[N+](=O)[O-]. The molecule has 0 amide bonds. The minimum atomic E-state index is -0.878. The van der Waals surface area contributed by atoms with Crippen LogP contribution in [0.2, 0.25) is 0 Å². The highest BCUT2D eigenvalue weighted by atomic mass is 16.6. The maximum absolute atomic E-state index is 12.4. The van der Waals surface area contributed by atoms with Crippen LogP contribution < -0.4 is 10.4 Å². The van der Waals surface area contributed by atoms with Gasteiger partial charge in [-0.15, -0.1) is 0 Å². The third kappa shape index (κ3) is 3.88.